The van der Waals surface area contributed by atoms with Crippen molar-refractivity contribution < 1.29 is 9.53 Å². The first kappa shape index (κ1) is 20.4. The smallest absolute Gasteiger partial charge is 0.318 e. The number of urea groups is 1. The minimum absolute atomic E-state index is 0.160. The summed E-state index contributed by atoms with van der Waals surface area (Å²) in [5.41, 5.74) is 4.21. The van der Waals surface area contributed by atoms with Gasteiger partial charge in [0, 0.05) is 25.1 Å². The highest BCUT2D eigenvalue weighted by molar-refractivity contribution is 5.89. The Morgan fingerprint density at radius 3 is 2.34 bits per heavy atom. The van der Waals surface area contributed by atoms with Crippen LogP contribution in [0.3, 0.4) is 0 Å². The van der Waals surface area contributed by atoms with Crippen LogP contribution in [0.25, 0.3) is 11.1 Å². The molecule has 5 nitrogen and oxygen atoms in total. The quantitative estimate of drug-likeness (QED) is 0.550. The number of ether oxygens (including phenoxy) is 1. The highest BCUT2D eigenvalue weighted by Crippen LogP contribution is 2.25. The number of nitrogens with one attached hydrogen (secondary N) is 2. The number of hydrogen-bond acceptors (Lipinski definition) is 3. The molecule has 2 amide bonds. The largest absolute Gasteiger partial charge is 0.491 e. The fourth-order valence-electron chi connectivity index (χ4n) is 3.10. The molecular weight excluding hydrogens is 362 g/mol. The third kappa shape index (κ3) is 6.35. The van der Waals surface area contributed by atoms with E-state index in [1.807, 2.05) is 48.7 Å². The van der Waals surface area contributed by atoms with Gasteiger partial charge in [-0.25, -0.2) is 4.79 Å². The van der Waals surface area contributed by atoms with Gasteiger partial charge in [-0.3, -0.25) is 4.98 Å². The molecule has 5 heteroatoms. The van der Waals surface area contributed by atoms with E-state index in [1.54, 1.807) is 13.2 Å². The predicted octanol–water partition coefficient (Wildman–Crippen LogP) is 5.29. The van der Waals surface area contributed by atoms with Crippen LogP contribution in [0.1, 0.15) is 25.3 Å². The number of amides is 2. The summed E-state index contributed by atoms with van der Waals surface area (Å²) in [5.74, 6) is 0.875. The van der Waals surface area contributed by atoms with Crippen molar-refractivity contribution in [3.63, 3.8) is 0 Å². The van der Waals surface area contributed by atoms with Gasteiger partial charge in [0.2, 0.25) is 0 Å². The van der Waals surface area contributed by atoms with E-state index in [0.717, 1.165) is 41.8 Å². The van der Waals surface area contributed by atoms with E-state index in [9.17, 15) is 4.79 Å². The summed E-state index contributed by atoms with van der Waals surface area (Å²) in [5, 5.41) is 5.29. The number of aryl methyl sites for hydroxylation is 1. The molecule has 0 saturated heterocycles. The van der Waals surface area contributed by atoms with E-state index in [1.165, 1.54) is 5.56 Å². The van der Waals surface area contributed by atoms with Crippen LogP contribution in [0.4, 0.5) is 10.5 Å². The molecule has 0 aliphatic heterocycles. The molecule has 3 aromatic rings. The fraction of sp³-hybridized carbons (Fsp3) is 0.250. The number of anilines is 1. The van der Waals surface area contributed by atoms with E-state index < -0.39 is 0 Å². The van der Waals surface area contributed by atoms with Crippen LogP contribution in [-0.2, 0) is 6.42 Å². The van der Waals surface area contributed by atoms with E-state index in [0.29, 0.717) is 0 Å². The standard InChI is InChI=1S/C24H27N3O2/c1-18(5-3-6-19-7-4-16-26-17-19)29-23-14-10-21(11-15-23)20-8-12-22(13-9-20)27-24(28)25-2/h4,7-18H,3,5-6H2,1-2H3,(H2,25,27,28)/t18-/m0/s1. The Bertz CT molecular complexity index is 894. The van der Waals surface area contributed by atoms with Gasteiger partial charge in [-0.05, 0) is 73.2 Å². The Labute approximate surface area is 172 Å². The minimum atomic E-state index is -0.228. The topological polar surface area (TPSA) is 63.2 Å². The molecule has 0 saturated carbocycles. The number of carbonyl (C=O) groups excluding carboxylic acids is 1. The first-order valence-electron chi connectivity index (χ1n) is 9.89. The monoisotopic (exact) mass is 389 g/mol. The zero-order valence-corrected chi connectivity index (χ0v) is 16.9. The van der Waals surface area contributed by atoms with Gasteiger partial charge >= 0.3 is 6.03 Å². The molecule has 0 spiro atoms. The lowest BCUT2D eigenvalue weighted by Crippen LogP contribution is -2.24. The molecule has 0 bridgehead atoms. The molecule has 150 valence electrons. The Kier molecular flexibility index (Phi) is 7.22. The first-order chi connectivity index (χ1) is 14.1. The van der Waals surface area contributed by atoms with E-state index in [2.05, 4.69) is 40.7 Å². The van der Waals surface area contributed by atoms with E-state index >= 15 is 0 Å². The van der Waals surface area contributed by atoms with Crippen molar-refractivity contribution in [1.82, 2.24) is 10.3 Å². The predicted molar refractivity (Wildman–Crippen MR) is 117 cm³/mol. The molecule has 1 aromatic heterocycles. The van der Waals surface area contributed by atoms with Crippen molar-refractivity contribution in [2.45, 2.75) is 32.3 Å². The van der Waals surface area contributed by atoms with Gasteiger partial charge in [0.15, 0.2) is 0 Å². The maximum Gasteiger partial charge on any atom is 0.318 e. The number of rotatable bonds is 8. The van der Waals surface area contributed by atoms with Gasteiger partial charge in [0.05, 0.1) is 6.10 Å². The van der Waals surface area contributed by atoms with Crippen molar-refractivity contribution in [2.24, 2.45) is 0 Å². The average molecular weight is 389 g/mol. The molecule has 29 heavy (non-hydrogen) atoms. The van der Waals surface area contributed by atoms with Gasteiger partial charge < -0.3 is 15.4 Å². The van der Waals surface area contributed by atoms with E-state index in [-0.39, 0.29) is 12.1 Å². The number of benzene rings is 2. The molecular formula is C24H27N3O2. The van der Waals surface area contributed by atoms with E-state index in [4.69, 9.17) is 4.74 Å². The SMILES string of the molecule is CNC(=O)Nc1ccc(-c2ccc(O[C@@H](C)CCCc3cccnc3)cc2)cc1. The summed E-state index contributed by atoms with van der Waals surface area (Å²) in [6.07, 6.45) is 6.97. The molecule has 0 fully saturated rings. The van der Waals surface area contributed by atoms with Crippen molar-refractivity contribution in [2.75, 3.05) is 12.4 Å². The molecule has 0 radical (unpaired) electrons. The Hall–Kier alpha value is -3.34. The number of aromatic nitrogens is 1. The van der Waals surface area contributed by atoms with Gasteiger partial charge in [-0.2, -0.15) is 0 Å². The van der Waals surface area contributed by atoms with Crippen molar-refractivity contribution in [3.05, 3.63) is 78.6 Å². The molecule has 0 aliphatic rings. The highest BCUT2D eigenvalue weighted by Gasteiger charge is 2.06. The van der Waals surface area contributed by atoms with Crippen molar-refractivity contribution in [1.29, 1.82) is 0 Å². The summed E-state index contributed by atoms with van der Waals surface area (Å²) in [4.78, 5) is 15.5. The maximum absolute atomic E-state index is 11.4. The van der Waals surface area contributed by atoms with Gasteiger partial charge in [-0.1, -0.05) is 30.3 Å². The number of carbonyl (C=O) groups is 1. The Morgan fingerprint density at radius 2 is 1.72 bits per heavy atom. The van der Waals surface area contributed by atoms with Crippen LogP contribution >= 0.6 is 0 Å². The lowest BCUT2D eigenvalue weighted by Gasteiger charge is -2.15. The number of pyridine rings is 1. The lowest BCUT2D eigenvalue weighted by molar-refractivity contribution is 0.208. The fourth-order valence-corrected chi connectivity index (χ4v) is 3.10. The second kappa shape index (κ2) is 10.3. The second-order valence-corrected chi connectivity index (χ2v) is 6.99. The summed E-state index contributed by atoms with van der Waals surface area (Å²) < 4.78 is 6.05. The first-order valence-corrected chi connectivity index (χ1v) is 9.89. The number of nitrogens with zero attached hydrogens (tertiary/aromatic N) is 1. The zero-order chi connectivity index (χ0) is 20.5. The van der Waals surface area contributed by atoms with Crippen LogP contribution < -0.4 is 15.4 Å². The molecule has 3 rings (SSSR count). The number of hydrogen-bond donors (Lipinski definition) is 2. The molecule has 2 aromatic carbocycles. The van der Waals surface area contributed by atoms with Crippen LogP contribution in [0.2, 0.25) is 0 Å². The molecule has 0 aliphatic carbocycles. The molecule has 1 atom stereocenters. The third-order valence-corrected chi connectivity index (χ3v) is 4.69. The van der Waals surface area contributed by atoms with Crippen LogP contribution in [0.15, 0.2) is 73.1 Å². The van der Waals surface area contributed by atoms with Gasteiger partial charge in [0.1, 0.15) is 5.75 Å². The average Bonchev–Trinajstić information content (AvgIpc) is 2.75. The molecule has 2 N–H and O–H groups in total. The van der Waals surface area contributed by atoms with Crippen LogP contribution in [-0.4, -0.2) is 24.2 Å². The van der Waals surface area contributed by atoms with Crippen molar-refractivity contribution in [3.8, 4) is 16.9 Å². The molecule has 1 heterocycles. The van der Waals surface area contributed by atoms with Crippen LogP contribution in [0, 0.1) is 0 Å². The third-order valence-electron chi connectivity index (χ3n) is 4.69. The maximum atomic E-state index is 11.4. The highest BCUT2D eigenvalue weighted by atomic mass is 16.5. The van der Waals surface area contributed by atoms with Crippen molar-refractivity contribution >= 4 is 11.7 Å². The second-order valence-electron chi connectivity index (χ2n) is 6.99. The minimum Gasteiger partial charge on any atom is -0.491 e. The van der Waals surface area contributed by atoms with Gasteiger partial charge in [-0.15, -0.1) is 0 Å². The Balaban J connectivity index is 1.49. The zero-order valence-electron chi connectivity index (χ0n) is 16.9. The normalized spacial score (nSPS) is 11.5. The summed E-state index contributed by atoms with van der Waals surface area (Å²) in [6, 6.07) is 19.7. The lowest BCUT2D eigenvalue weighted by atomic mass is 10.1. The van der Waals surface area contributed by atoms with Gasteiger partial charge in [0.25, 0.3) is 0 Å². The summed E-state index contributed by atoms with van der Waals surface area (Å²) >= 11 is 0. The van der Waals surface area contributed by atoms with Crippen LogP contribution in [0.5, 0.6) is 5.75 Å². The summed E-state index contributed by atoms with van der Waals surface area (Å²) in [7, 11) is 1.59. The molecule has 0 unspecified atom stereocenters. The summed E-state index contributed by atoms with van der Waals surface area (Å²) in [6.45, 7) is 2.11. The Morgan fingerprint density at radius 1 is 1.03 bits per heavy atom.